The van der Waals surface area contributed by atoms with Crippen molar-refractivity contribution in [3.05, 3.63) is 0 Å². The lowest BCUT2D eigenvalue weighted by molar-refractivity contribution is 0.0876. The highest BCUT2D eigenvalue weighted by molar-refractivity contribution is 6.18. The molecule has 72 valence electrons. The minimum Gasteiger partial charge on any atom is -0.292 e. The van der Waals surface area contributed by atoms with E-state index in [9.17, 15) is 0 Å². The summed E-state index contributed by atoms with van der Waals surface area (Å²) in [5, 5.41) is 0. The van der Waals surface area contributed by atoms with Crippen molar-refractivity contribution >= 4 is 11.6 Å². The molecule has 0 saturated carbocycles. The van der Waals surface area contributed by atoms with Crippen molar-refractivity contribution in [1.29, 1.82) is 0 Å². The second-order valence-electron chi connectivity index (χ2n) is 4.97. The van der Waals surface area contributed by atoms with Crippen LogP contribution in [0.15, 0.2) is 0 Å². The van der Waals surface area contributed by atoms with Crippen LogP contribution in [0.3, 0.4) is 0 Å². The number of rotatable bonds is 2. The Bertz CT molecular complexity index is 147. The van der Waals surface area contributed by atoms with Crippen LogP contribution < -0.4 is 0 Å². The van der Waals surface area contributed by atoms with E-state index in [2.05, 4.69) is 32.6 Å². The highest BCUT2D eigenvalue weighted by Crippen LogP contribution is 2.39. The molecule has 0 aromatic rings. The van der Waals surface area contributed by atoms with Gasteiger partial charge in [-0.15, -0.1) is 11.6 Å². The average Bonchev–Trinajstić information content (AvgIpc) is 2.13. The monoisotopic (exact) mass is 189 g/mol. The number of nitrogens with zero attached hydrogens (tertiary/aromatic N) is 1. The van der Waals surface area contributed by atoms with Gasteiger partial charge in [0.1, 0.15) is 0 Å². The first-order chi connectivity index (χ1) is 5.40. The average molecular weight is 190 g/mol. The molecule has 0 spiro atoms. The summed E-state index contributed by atoms with van der Waals surface area (Å²) in [7, 11) is 0. The minimum absolute atomic E-state index is 0.346. The molecule has 0 radical (unpaired) electrons. The largest absolute Gasteiger partial charge is 0.292 e. The lowest BCUT2D eigenvalue weighted by atomic mass is 10.0. The molecule has 0 N–H and O–H groups in total. The van der Waals surface area contributed by atoms with Gasteiger partial charge in [-0.1, -0.05) is 0 Å². The van der Waals surface area contributed by atoms with Gasteiger partial charge in [-0.25, -0.2) is 0 Å². The molecule has 1 aliphatic rings. The molecule has 1 saturated heterocycles. The maximum atomic E-state index is 5.79. The van der Waals surface area contributed by atoms with Gasteiger partial charge >= 0.3 is 0 Å². The topological polar surface area (TPSA) is 3.24 Å². The van der Waals surface area contributed by atoms with Gasteiger partial charge in [0.2, 0.25) is 0 Å². The molecule has 2 heteroatoms. The van der Waals surface area contributed by atoms with Crippen molar-refractivity contribution in [2.75, 3.05) is 12.4 Å². The number of alkyl halides is 1. The van der Waals surface area contributed by atoms with Crippen LogP contribution in [0.4, 0.5) is 0 Å². The number of hydrogen-bond donors (Lipinski definition) is 0. The summed E-state index contributed by atoms with van der Waals surface area (Å²) in [5.74, 6) is 0.743. The van der Waals surface area contributed by atoms with Crippen molar-refractivity contribution in [2.45, 2.75) is 51.6 Å². The van der Waals surface area contributed by atoms with Gasteiger partial charge in [-0.3, -0.25) is 4.90 Å². The van der Waals surface area contributed by atoms with Crippen LogP contribution in [-0.2, 0) is 0 Å². The summed E-state index contributed by atoms with van der Waals surface area (Å²) < 4.78 is 0. The van der Waals surface area contributed by atoms with Gasteiger partial charge in [0.15, 0.2) is 0 Å². The molecule has 0 unspecified atom stereocenters. The fourth-order valence-corrected chi connectivity index (χ4v) is 2.56. The van der Waals surface area contributed by atoms with Crippen molar-refractivity contribution in [1.82, 2.24) is 4.90 Å². The van der Waals surface area contributed by atoms with Gasteiger partial charge < -0.3 is 0 Å². The predicted molar refractivity (Wildman–Crippen MR) is 54.8 cm³/mol. The van der Waals surface area contributed by atoms with E-state index in [1.165, 1.54) is 12.8 Å². The predicted octanol–water partition coefficient (Wildman–Crippen LogP) is 2.88. The van der Waals surface area contributed by atoms with E-state index in [-0.39, 0.29) is 0 Å². The summed E-state index contributed by atoms with van der Waals surface area (Å²) in [4.78, 5) is 2.53. The summed E-state index contributed by atoms with van der Waals surface area (Å²) in [6.45, 7) is 10.3. The van der Waals surface area contributed by atoms with E-state index >= 15 is 0 Å². The van der Waals surface area contributed by atoms with E-state index in [0.29, 0.717) is 11.1 Å². The lowest BCUT2D eigenvalue weighted by Gasteiger charge is -2.40. The maximum absolute atomic E-state index is 5.79. The molecule has 0 aliphatic carbocycles. The molecule has 1 rings (SSSR count). The van der Waals surface area contributed by atoms with Crippen LogP contribution >= 0.6 is 11.6 Å². The summed E-state index contributed by atoms with van der Waals surface area (Å²) in [6.07, 6.45) is 2.58. The normalized spacial score (nSPS) is 27.8. The highest BCUT2D eigenvalue weighted by Gasteiger charge is 2.43. The van der Waals surface area contributed by atoms with Crippen LogP contribution in [0, 0.1) is 0 Å². The van der Waals surface area contributed by atoms with Gasteiger partial charge in [-0.2, -0.15) is 0 Å². The van der Waals surface area contributed by atoms with E-state index < -0.39 is 0 Å². The highest BCUT2D eigenvalue weighted by atomic mass is 35.5. The van der Waals surface area contributed by atoms with Crippen molar-refractivity contribution in [2.24, 2.45) is 0 Å². The lowest BCUT2D eigenvalue weighted by Crippen LogP contribution is -2.49. The molecule has 0 atom stereocenters. The Hall–Kier alpha value is 0.250. The third-order valence-electron chi connectivity index (χ3n) is 3.12. The zero-order chi connectivity index (χ0) is 9.41. The van der Waals surface area contributed by atoms with Gasteiger partial charge in [0.25, 0.3) is 0 Å². The fourth-order valence-electron chi connectivity index (χ4n) is 2.39. The number of halogens is 1. The van der Waals surface area contributed by atoms with E-state index in [1.54, 1.807) is 0 Å². The molecule has 0 aromatic carbocycles. The SMILES string of the molecule is CC1(C)CCC(C)(C)N1CCCl. The van der Waals surface area contributed by atoms with E-state index in [0.717, 1.165) is 12.4 Å². The van der Waals surface area contributed by atoms with Crippen LogP contribution in [-0.4, -0.2) is 28.4 Å². The molecular weight excluding hydrogens is 170 g/mol. The fraction of sp³-hybridized carbons (Fsp3) is 1.00. The molecule has 1 heterocycles. The van der Waals surface area contributed by atoms with Crippen molar-refractivity contribution in [3.63, 3.8) is 0 Å². The zero-order valence-electron chi connectivity index (χ0n) is 8.65. The summed E-state index contributed by atoms with van der Waals surface area (Å²) in [6, 6.07) is 0. The second-order valence-corrected chi connectivity index (χ2v) is 5.34. The molecule has 0 amide bonds. The van der Waals surface area contributed by atoms with Crippen molar-refractivity contribution in [3.8, 4) is 0 Å². The summed E-state index contributed by atoms with van der Waals surface area (Å²) >= 11 is 5.79. The molecule has 12 heavy (non-hydrogen) atoms. The Labute approximate surface area is 81.1 Å². The second kappa shape index (κ2) is 3.19. The van der Waals surface area contributed by atoms with E-state index in [1.807, 2.05) is 0 Å². The zero-order valence-corrected chi connectivity index (χ0v) is 9.41. The smallest absolute Gasteiger partial charge is 0.0351 e. The molecular formula is C10H20ClN. The molecule has 1 aliphatic heterocycles. The summed E-state index contributed by atoms with van der Waals surface area (Å²) in [5.41, 5.74) is 0.691. The third-order valence-corrected chi connectivity index (χ3v) is 3.29. The number of likely N-dealkylation sites (tertiary alicyclic amines) is 1. The maximum Gasteiger partial charge on any atom is 0.0351 e. The van der Waals surface area contributed by atoms with Crippen LogP contribution in [0.1, 0.15) is 40.5 Å². The Morgan fingerprint density at radius 2 is 1.50 bits per heavy atom. The molecule has 1 nitrogen and oxygen atoms in total. The first-order valence-electron chi connectivity index (χ1n) is 4.74. The quantitative estimate of drug-likeness (QED) is 0.604. The van der Waals surface area contributed by atoms with E-state index in [4.69, 9.17) is 11.6 Å². The van der Waals surface area contributed by atoms with Crippen molar-refractivity contribution < 1.29 is 0 Å². The molecule has 1 fully saturated rings. The first kappa shape index (κ1) is 10.3. The van der Waals surface area contributed by atoms with Crippen LogP contribution in [0.2, 0.25) is 0 Å². The van der Waals surface area contributed by atoms with Gasteiger partial charge in [0, 0.05) is 23.5 Å². The van der Waals surface area contributed by atoms with Crippen LogP contribution in [0.25, 0.3) is 0 Å². The standard InChI is InChI=1S/C10H20ClN/c1-9(2)5-6-10(3,4)12(9)8-7-11/h5-8H2,1-4H3. The minimum atomic E-state index is 0.346. The molecule has 0 bridgehead atoms. The number of hydrogen-bond acceptors (Lipinski definition) is 1. The Morgan fingerprint density at radius 1 is 1.08 bits per heavy atom. The first-order valence-corrected chi connectivity index (χ1v) is 5.27. The Kier molecular flexibility index (Phi) is 2.75. The third kappa shape index (κ3) is 1.77. The van der Waals surface area contributed by atoms with Gasteiger partial charge in [0.05, 0.1) is 0 Å². The molecule has 0 aromatic heterocycles. The van der Waals surface area contributed by atoms with Crippen LogP contribution in [0.5, 0.6) is 0 Å². The van der Waals surface area contributed by atoms with Gasteiger partial charge in [-0.05, 0) is 40.5 Å². The Morgan fingerprint density at radius 3 is 1.83 bits per heavy atom. The Balaban J connectivity index is 2.74.